The van der Waals surface area contributed by atoms with E-state index in [0.717, 1.165) is 12.1 Å². The normalized spacial score (nSPS) is 17.3. The topological polar surface area (TPSA) is 69.6 Å². The van der Waals surface area contributed by atoms with Crippen LogP contribution in [0.4, 0.5) is 18.9 Å². The lowest BCUT2D eigenvalue weighted by Gasteiger charge is -2.18. The molecule has 0 spiro atoms. The highest BCUT2D eigenvalue weighted by Gasteiger charge is 2.68. The van der Waals surface area contributed by atoms with E-state index in [1.807, 2.05) is 0 Å². The van der Waals surface area contributed by atoms with E-state index in [1.165, 1.54) is 6.07 Å². The molecule has 4 nitrogen and oxygen atoms in total. The quantitative estimate of drug-likeness (QED) is 0.565. The Labute approximate surface area is 100 Å². The van der Waals surface area contributed by atoms with Crippen molar-refractivity contribution in [3.05, 3.63) is 18.2 Å². The number of phenols is 2. The van der Waals surface area contributed by atoms with Gasteiger partial charge in [-0.15, -0.1) is 0 Å². The number of benzene rings is 1. The molecular formula is C11H10F3NO3. The molecular weight excluding hydrogens is 251 g/mol. The Balaban J connectivity index is 2.15. The number of hydrogen-bond acceptors (Lipinski definition) is 3. The number of hydrogen-bond donors (Lipinski definition) is 3. The average Bonchev–Trinajstić information content (AvgIpc) is 3.03. The molecule has 1 aliphatic rings. The number of anilines is 1. The summed E-state index contributed by atoms with van der Waals surface area (Å²) < 4.78 is 37.9. The maximum Gasteiger partial charge on any atom is 0.403 e. The average molecular weight is 261 g/mol. The maximum atomic E-state index is 12.6. The highest BCUT2D eigenvalue weighted by Crippen LogP contribution is 2.58. The lowest BCUT2D eigenvalue weighted by Crippen LogP contribution is -2.36. The molecule has 0 bridgehead atoms. The van der Waals surface area contributed by atoms with Gasteiger partial charge in [0.05, 0.1) is 0 Å². The number of carbonyl (C=O) groups excluding carboxylic acids is 1. The third-order valence-corrected chi connectivity index (χ3v) is 2.96. The van der Waals surface area contributed by atoms with Crippen molar-refractivity contribution in [1.82, 2.24) is 0 Å². The van der Waals surface area contributed by atoms with Crippen molar-refractivity contribution >= 4 is 11.6 Å². The first-order chi connectivity index (χ1) is 8.26. The van der Waals surface area contributed by atoms with Gasteiger partial charge < -0.3 is 15.5 Å². The molecule has 0 saturated heterocycles. The highest BCUT2D eigenvalue weighted by atomic mass is 19.4. The molecule has 0 unspecified atom stereocenters. The van der Waals surface area contributed by atoms with Gasteiger partial charge in [0.25, 0.3) is 0 Å². The number of phenolic OH excluding ortho intramolecular Hbond substituents is 2. The lowest BCUT2D eigenvalue weighted by molar-refractivity contribution is -0.189. The van der Waals surface area contributed by atoms with Gasteiger partial charge in [0.2, 0.25) is 5.91 Å². The van der Waals surface area contributed by atoms with Gasteiger partial charge in [0, 0.05) is 11.8 Å². The Morgan fingerprint density at radius 2 is 1.83 bits per heavy atom. The van der Waals surface area contributed by atoms with E-state index in [-0.39, 0.29) is 18.5 Å². The minimum atomic E-state index is -4.57. The summed E-state index contributed by atoms with van der Waals surface area (Å²) in [6.07, 6.45) is -5.03. The fraction of sp³-hybridized carbons (Fsp3) is 0.364. The van der Waals surface area contributed by atoms with Crippen molar-refractivity contribution in [2.45, 2.75) is 19.0 Å². The van der Waals surface area contributed by atoms with E-state index in [1.54, 1.807) is 0 Å². The molecule has 2 rings (SSSR count). The minimum Gasteiger partial charge on any atom is -0.504 e. The van der Waals surface area contributed by atoms with E-state index in [2.05, 4.69) is 5.32 Å². The van der Waals surface area contributed by atoms with Crippen molar-refractivity contribution in [2.75, 3.05) is 5.32 Å². The molecule has 1 saturated carbocycles. The van der Waals surface area contributed by atoms with Crippen LogP contribution in [0.3, 0.4) is 0 Å². The molecule has 7 heteroatoms. The van der Waals surface area contributed by atoms with Gasteiger partial charge >= 0.3 is 6.18 Å². The first-order valence-electron chi connectivity index (χ1n) is 5.16. The summed E-state index contributed by atoms with van der Waals surface area (Å²) in [6.45, 7) is 0. The molecule has 98 valence electrons. The zero-order chi connectivity index (χ0) is 13.6. The summed E-state index contributed by atoms with van der Waals surface area (Å²) in [5.74, 6) is -2.06. The Hall–Kier alpha value is -1.92. The lowest BCUT2D eigenvalue weighted by atomic mass is 10.1. The standard InChI is InChI=1S/C11H10F3NO3/c12-11(13,14)10(3-4-10)9(18)15-6-1-2-7(16)8(17)5-6/h1-2,5,16-17H,3-4H2,(H,15,18). The first kappa shape index (κ1) is 12.5. The Morgan fingerprint density at radius 3 is 2.28 bits per heavy atom. The van der Waals surface area contributed by atoms with Crippen molar-refractivity contribution in [1.29, 1.82) is 0 Å². The van der Waals surface area contributed by atoms with Crippen LogP contribution in [0.5, 0.6) is 11.5 Å². The fourth-order valence-electron chi connectivity index (χ4n) is 1.62. The van der Waals surface area contributed by atoms with Crippen LogP contribution in [0, 0.1) is 5.41 Å². The summed E-state index contributed by atoms with van der Waals surface area (Å²) in [7, 11) is 0. The largest absolute Gasteiger partial charge is 0.504 e. The monoisotopic (exact) mass is 261 g/mol. The van der Waals surface area contributed by atoms with Gasteiger partial charge in [-0.3, -0.25) is 4.79 Å². The number of rotatable bonds is 2. The van der Waals surface area contributed by atoms with Crippen molar-refractivity contribution < 1.29 is 28.2 Å². The fourth-order valence-corrected chi connectivity index (χ4v) is 1.62. The zero-order valence-corrected chi connectivity index (χ0v) is 9.08. The van der Waals surface area contributed by atoms with Gasteiger partial charge in [-0.1, -0.05) is 0 Å². The molecule has 0 atom stereocenters. The summed E-state index contributed by atoms with van der Waals surface area (Å²) >= 11 is 0. The van der Waals surface area contributed by atoms with Crippen LogP contribution < -0.4 is 5.32 Å². The molecule has 0 radical (unpaired) electrons. The van der Waals surface area contributed by atoms with Gasteiger partial charge in [0.15, 0.2) is 11.5 Å². The summed E-state index contributed by atoms with van der Waals surface area (Å²) in [5.41, 5.74) is -2.30. The molecule has 18 heavy (non-hydrogen) atoms. The second-order valence-electron chi connectivity index (χ2n) is 4.24. The van der Waals surface area contributed by atoms with E-state index in [4.69, 9.17) is 10.2 Å². The predicted octanol–water partition coefficient (Wildman–Crippen LogP) is 2.38. The zero-order valence-electron chi connectivity index (χ0n) is 9.08. The number of nitrogens with one attached hydrogen (secondary N) is 1. The molecule has 1 fully saturated rings. The van der Waals surface area contributed by atoms with Crippen LogP contribution >= 0.6 is 0 Å². The van der Waals surface area contributed by atoms with E-state index in [9.17, 15) is 18.0 Å². The van der Waals surface area contributed by atoms with E-state index >= 15 is 0 Å². The molecule has 0 heterocycles. The Kier molecular flexibility index (Phi) is 2.64. The third-order valence-electron chi connectivity index (χ3n) is 2.96. The van der Waals surface area contributed by atoms with Crippen LogP contribution in [-0.2, 0) is 4.79 Å². The summed E-state index contributed by atoms with van der Waals surface area (Å²) in [6, 6.07) is 3.28. The molecule has 3 N–H and O–H groups in total. The maximum absolute atomic E-state index is 12.6. The number of halogens is 3. The van der Waals surface area contributed by atoms with Gasteiger partial charge in [-0.05, 0) is 25.0 Å². The molecule has 1 amide bonds. The van der Waals surface area contributed by atoms with Crippen molar-refractivity contribution in [3.63, 3.8) is 0 Å². The minimum absolute atomic E-state index is 0.00539. The predicted molar refractivity (Wildman–Crippen MR) is 56.1 cm³/mol. The first-order valence-corrected chi connectivity index (χ1v) is 5.16. The van der Waals surface area contributed by atoms with Crippen LogP contribution in [0.2, 0.25) is 0 Å². The second kappa shape index (κ2) is 3.79. The Morgan fingerprint density at radius 1 is 1.22 bits per heavy atom. The SMILES string of the molecule is O=C(Nc1ccc(O)c(O)c1)C1(C(F)(F)F)CC1. The van der Waals surface area contributed by atoms with Gasteiger partial charge in [0.1, 0.15) is 5.41 Å². The Bertz CT molecular complexity index is 495. The van der Waals surface area contributed by atoms with Gasteiger partial charge in [-0.2, -0.15) is 13.2 Å². The van der Waals surface area contributed by atoms with Crippen LogP contribution in [0.1, 0.15) is 12.8 Å². The number of aromatic hydroxyl groups is 2. The molecule has 0 aromatic heterocycles. The van der Waals surface area contributed by atoms with Crippen molar-refractivity contribution in [2.24, 2.45) is 5.41 Å². The van der Waals surface area contributed by atoms with E-state index < -0.39 is 29.0 Å². The van der Waals surface area contributed by atoms with Crippen LogP contribution in [0.25, 0.3) is 0 Å². The third kappa shape index (κ3) is 1.96. The number of carbonyl (C=O) groups is 1. The smallest absolute Gasteiger partial charge is 0.403 e. The number of amides is 1. The molecule has 0 aliphatic heterocycles. The molecule has 1 aromatic carbocycles. The summed E-state index contributed by atoms with van der Waals surface area (Å²) in [4.78, 5) is 11.6. The van der Waals surface area contributed by atoms with Crippen molar-refractivity contribution in [3.8, 4) is 11.5 Å². The molecule has 1 aromatic rings. The van der Waals surface area contributed by atoms with Crippen LogP contribution in [0.15, 0.2) is 18.2 Å². The second-order valence-corrected chi connectivity index (χ2v) is 4.24. The molecule has 1 aliphatic carbocycles. The van der Waals surface area contributed by atoms with Gasteiger partial charge in [-0.25, -0.2) is 0 Å². The highest BCUT2D eigenvalue weighted by molar-refractivity contribution is 5.98. The van der Waals surface area contributed by atoms with E-state index in [0.29, 0.717) is 0 Å². The van der Waals surface area contributed by atoms with Crippen LogP contribution in [-0.4, -0.2) is 22.3 Å². The number of alkyl halides is 3. The summed E-state index contributed by atoms with van der Waals surface area (Å²) in [5, 5.41) is 20.3.